The standard InChI is InChI=1S/C14H13NO3S2/c16-12(9-19-8-10-4-2-1-3-5-10)15-11-6-7-20-13(11)14(17)18/h1-7H,8-9H2,(H,15,16)(H,17,18). The van der Waals surface area contributed by atoms with Crippen LogP contribution < -0.4 is 5.32 Å². The van der Waals surface area contributed by atoms with E-state index in [0.29, 0.717) is 11.4 Å². The zero-order valence-electron chi connectivity index (χ0n) is 10.5. The second kappa shape index (κ2) is 7.12. The quantitative estimate of drug-likeness (QED) is 0.859. The molecule has 0 saturated heterocycles. The van der Waals surface area contributed by atoms with Crippen LogP contribution in [0.1, 0.15) is 15.2 Å². The molecular weight excluding hydrogens is 294 g/mol. The predicted octanol–water partition coefficient (Wildman–Crippen LogP) is 3.32. The molecule has 1 heterocycles. The number of benzene rings is 1. The monoisotopic (exact) mass is 307 g/mol. The second-order valence-corrected chi connectivity index (χ2v) is 5.90. The number of carboxylic acids is 1. The largest absolute Gasteiger partial charge is 0.477 e. The first kappa shape index (κ1) is 14.6. The molecule has 2 N–H and O–H groups in total. The molecule has 1 amide bonds. The summed E-state index contributed by atoms with van der Waals surface area (Å²) >= 11 is 2.59. The fourth-order valence-electron chi connectivity index (χ4n) is 1.60. The van der Waals surface area contributed by atoms with Crippen LogP contribution in [0.3, 0.4) is 0 Å². The minimum Gasteiger partial charge on any atom is -0.477 e. The number of carbonyl (C=O) groups is 2. The van der Waals surface area contributed by atoms with Crippen molar-refractivity contribution < 1.29 is 14.7 Å². The highest BCUT2D eigenvalue weighted by Gasteiger charge is 2.13. The maximum atomic E-state index is 11.8. The fourth-order valence-corrected chi connectivity index (χ4v) is 3.07. The van der Waals surface area contributed by atoms with Gasteiger partial charge in [0.2, 0.25) is 5.91 Å². The highest BCUT2D eigenvalue weighted by molar-refractivity contribution is 7.99. The summed E-state index contributed by atoms with van der Waals surface area (Å²) in [6.45, 7) is 0. The number of hydrogen-bond donors (Lipinski definition) is 2. The fraction of sp³-hybridized carbons (Fsp3) is 0.143. The molecule has 20 heavy (non-hydrogen) atoms. The van der Waals surface area contributed by atoms with E-state index in [1.807, 2.05) is 30.3 Å². The van der Waals surface area contributed by atoms with Crippen molar-refractivity contribution in [1.82, 2.24) is 0 Å². The SMILES string of the molecule is O=C(CSCc1ccccc1)Nc1ccsc1C(=O)O. The molecule has 0 fully saturated rings. The molecule has 104 valence electrons. The van der Waals surface area contributed by atoms with Crippen LogP contribution >= 0.6 is 23.1 Å². The minimum absolute atomic E-state index is 0.159. The maximum Gasteiger partial charge on any atom is 0.348 e. The molecular formula is C14H13NO3S2. The zero-order valence-corrected chi connectivity index (χ0v) is 12.2. The first-order valence-corrected chi connectivity index (χ1v) is 7.92. The Morgan fingerprint density at radius 1 is 1.20 bits per heavy atom. The number of anilines is 1. The third kappa shape index (κ3) is 4.11. The van der Waals surface area contributed by atoms with E-state index < -0.39 is 5.97 Å². The lowest BCUT2D eigenvalue weighted by Crippen LogP contribution is -2.15. The number of carbonyl (C=O) groups excluding carboxylic acids is 1. The van der Waals surface area contributed by atoms with Gasteiger partial charge in [0.1, 0.15) is 4.88 Å². The smallest absolute Gasteiger partial charge is 0.348 e. The van der Waals surface area contributed by atoms with Gasteiger partial charge >= 0.3 is 5.97 Å². The molecule has 0 saturated carbocycles. The molecule has 0 aliphatic carbocycles. The minimum atomic E-state index is -1.02. The van der Waals surface area contributed by atoms with Crippen LogP contribution in [0.15, 0.2) is 41.8 Å². The molecule has 0 radical (unpaired) electrons. The van der Waals surface area contributed by atoms with Gasteiger partial charge in [-0.15, -0.1) is 23.1 Å². The molecule has 0 bridgehead atoms. The summed E-state index contributed by atoms with van der Waals surface area (Å²) in [7, 11) is 0. The molecule has 0 unspecified atom stereocenters. The van der Waals surface area contributed by atoms with Crippen molar-refractivity contribution in [3.05, 3.63) is 52.2 Å². The summed E-state index contributed by atoms with van der Waals surface area (Å²) in [5.41, 5.74) is 1.53. The van der Waals surface area contributed by atoms with E-state index in [1.165, 1.54) is 11.8 Å². The molecule has 0 aliphatic rings. The van der Waals surface area contributed by atoms with E-state index in [9.17, 15) is 9.59 Å². The lowest BCUT2D eigenvalue weighted by Gasteiger charge is -2.04. The first-order chi connectivity index (χ1) is 9.66. The molecule has 0 atom stereocenters. The number of carboxylic acid groups (broad SMARTS) is 1. The van der Waals surface area contributed by atoms with Crippen molar-refractivity contribution in [1.29, 1.82) is 0 Å². The Morgan fingerprint density at radius 2 is 1.95 bits per heavy atom. The number of thioether (sulfide) groups is 1. The zero-order chi connectivity index (χ0) is 14.4. The Balaban J connectivity index is 1.81. The third-order valence-electron chi connectivity index (χ3n) is 2.48. The molecule has 0 aliphatic heterocycles. The van der Waals surface area contributed by atoms with Crippen molar-refractivity contribution in [2.75, 3.05) is 11.1 Å². The Kier molecular flexibility index (Phi) is 5.20. The van der Waals surface area contributed by atoms with Gasteiger partial charge in [-0.2, -0.15) is 0 Å². The Morgan fingerprint density at radius 3 is 2.65 bits per heavy atom. The normalized spacial score (nSPS) is 10.2. The highest BCUT2D eigenvalue weighted by Crippen LogP contribution is 2.22. The van der Waals surface area contributed by atoms with E-state index in [-0.39, 0.29) is 10.8 Å². The van der Waals surface area contributed by atoms with E-state index in [0.717, 1.165) is 22.7 Å². The molecule has 1 aromatic heterocycles. The molecule has 4 nitrogen and oxygen atoms in total. The average Bonchev–Trinajstić information content (AvgIpc) is 2.88. The summed E-state index contributed by atoms with van der Waals surface area (Å²) in [6.07, 6.45) is 0. The van der Waals surface area contributed by atoms with Gasteiger partial charge in [0.25, 0.3) is 0 Å². The van der Waals surface area contributed by atoms with E-state index in [2.05, 4.69) is 5.32 Å². The van der Waals surface area contributed by atoms with Gasteiger partial charge in [0.15, 0.2) is 0 Å². The highest BCUT2D eigenvalue weighted by atomic mass is 32.2. The lowest BCUT2D eigenvalue weighted by molar-refractivity contribution is -0.113. The van der Waals surface area contributed by atoms with Gasteiger partial charge in [0.05, 0.1) is 11.4 Å². The van der Waals surface area contributed by atoms with Gasteiger partial charge in [-0.3, -0.25) is 4.79 Å². The predicted molar refractivity (Wildman–Crippen MR) is 82.5 cm³/mol. The van der Waals surface area contributed by atoms with Crippen LogP contribution in [-0.2, 0) is 10.5 Å². The summed E-state index contributed by atoms with van der Waals surface area (Å²) in [5, 5.41) is 13.2. The molecule has 6 heteroatoms. The number of thiophene rings is 1. The lowest BCUT2D eigenvalue weighted by atomic mass is 10.2. The van der Waals surface area contributed by atoms with Crippen molar-refractivity contribution in [2.24, 2.45) is 0 Å². The number of amides is 1. The second-order valence-electron chi connectivity index (χ2n) is 4.00. The van der Waals surface area contributed by atoms with Crippen LogP contribution in [-0.4, -0.2) is 22.7 Å². The van der Waals surface area contributed by atoms with Crippen LogP contribution in [0.4, 0.5) is 5.69 Å². The third-order valence-corrected chi connectivity index (χ3v) is 4.38. The van der Waals surface area contributed by atoms with Crippen molar-refractivity contribution in [3.8, 4) is 0 Å². The van der Waals surface area contributed by atoms with Crippen molar-refractivity contribution in [3.63, 3.8) is 0 Å². The van der Waals surface area contributed by atoms with Crippen molar-refractivity contribution in [2.45, 2.75) is 5.75 Å². The number of nitrogens with one attached hydrogen (secondary N) is 1. The Bertz CT molecular complexity index is 595. The van der Waals surface area contributed by atoms with Crippen LogP contribution in [0.2, 0.25) is 0 Å². The first-order valence-electron chi connectivity index (χ1n) is 5.89. The Hall–Kier alpha value is -1.79. The van der Waals surface area contributed by atoms with Gasteiger partial charge < -0.3 is 10.4 Å². The summed E-state index contributed by atoms with van der Waals surface area (Å²) in [5.74, 6) is -0.160. The van der Waals surface area contributed by atoms with Crippen LogP contribution in [0.5, 0.6) is 0 Å². The van der Waals surface area contributed by atoms with Crippen LogP contribution in [0, 0.1) is 0 Å². The van der Waals surface area contributed by atoms with Crippen molar-refractivity contribution >= 4 is 40.7 Å². The molecule has 1 aromatic carbocycles. The Labute approximate surface area is 124 Å². The van der Waals surface area contributed by atoms with Gasteiger partial charge in [-0.1, -0.05) is 30.3 Å². The van der Waals surface area contributed by atoms with E-state index in [4.69, 9.17) is 5.11 Å². The maximum absolute atomic E-state index is 11.8. The molecule has 2 aromatic rings. The average molecular weight is 307 g/mol. The molecule has 2 rings (SSSR count). The summed E-state index contributed by atoms with van der Waals surface area (Å²) in [4.78, 5) is 22.8. The van der Waals surface area contributed by atoms with Gasteiger partial charge in [-0.05, 0) is 17.0 Å². The van der Waals surface area contributed by atoms with Gasteiger partial charge in [0, 0.05) is 5.75 Å². The number of rotatable bonds is 6. The summed E-state index contributed by atoms with van der Waals surface area (Å²) in [6, 6.07) is 11.5. The summed E-state index contributed by atoms with van der Waals surface area (Å²) < 4.78 is 0. The molecule has 0 spiro atoms. The van der Waals surface area contributed by atoms with Crippen LogP contribution in [0.25, 0.3) is 0 Å². The van der Waals surface area contributed by atoms with E-state index in [1.54, 1.807) is 11.4 Å². The number of hydrogen-bond acceptors (Lipinski definition) is 4. The van der Waals surface area contributed by atoms with Gasteiger partial charge in [-0.25, -0.2) is 4.79 Å². The van der Waals surface area contributed by atoms with E-state index >= 15 is 0 Å². The topological polar surface area (TPSA) is 66.4 Å². The number of aromatic carboxylic acids is 1.